The Morgan fingerprint density at radius 1 is 1.33 bits per heavy atom. The van der Waals surface area contributed by atoms with Gasteiger partial charge in [-0.15, -0.1) is 0 Å². The molecule has 0 aliphatic heterocycles. The summed E-state index contributed by atoms with van der Waals surface area (Å²) >= 11 is 0. The summed E-state index contributed by atoms with van der Waals surface area (Å²) < 4.78 is 0. The van der Waals surface area contributed by atoms with Gasteiger partial charge in [-0.05, 0) is 24.6 Å². The third-order valence-electron chi connectivity index (χ3n) is 1.71. The van der Waals surface area contributed by atoms with Gasteiger partial charge in [0.2, 0.25) is 0 Å². The number of nitriles is 2. The van der Waals surface area contributed by atoms with Gasteiger partial charge in [0.15, 0.2) is 0 Å². The van der Waals surface area contributed by atoms with Crippen LogP contribution in [0, 0.1) is 22.7 Å². The molecule has 0 spiro atoms. The SMILES string of the molecule is CC(C#N)c1cccc(C#N)c1. The van der Waals surface area contributed by atoms with Crippen LogP contribution < -0.4 is 0 Å². The first kappa shape index (κ1) is 8.30. The van der Waals surface area contributed by atoms with Crippen LogP contribution in [0.2, 0.25) is 0 Å². The van der Waals surface area contributed by atoms with Crippen molar-refractivity contribution in [3.63, 3.8) is 0 Å². The van der Waals surface area contributed by atoms with Crippen molar-refractivity contribution in [2.45, 2.75) is 12.8 Å². The minimum atomic E-state index is -0.140. The average Bonchev–Trinajstić information content (AvgIpc) is 2.17. The molecule has 0 N–H and O–H groups in total. The van der Waals surface area contributed by atoms with E-state index >= 15 is 0 Å². The Kier molecular flexibility index (Phi) is 2.46. The molecular formula is C10H8N2. The molecule has 58 valence electrons. The van der Waals surface area contributed by atoms with E-state index in [-0.39, 0.29) is 5.92 Å². The molecule has 1 unspecified atom stereocenters. The fourth-order valence-electron chi connectivity index (χ4n) is 0.952. The monoisotopic (exact) mass is 156 g/mol. The second kappa shape index (κ2) is 3.55. The lowest BCUT2D eigenvalue weighted by atomic mass is 10.0. The zero-order valence-electron chi connectivity index (χ0n) is 6.78. The van der Waals surface area contributed by atoms with Gasteiger partial charge in [0, 0.05) is 0 Å². The van der Waals surface area contributed by atoms with Gasteiger partial charge in [0.1, 0.15) is 0 Å². The fourth-order valence-corrected chi connectivity index (χ4v) is 0.952. The fraction of sp³-hybridized carbons (Fsp3) is 0.200. The molecule has 0 heterocycles. The smallest absolute Gasteiger partial charge is 0.0991 e. The Balaban J connectivity index is 3.05. The van der Waals surface area contributed by atoms with Gasteiger partial charge in [0.05, 0.1) is 23.6 Å². The first-order chi connectivity index (χ1) is 5.77. The van der Waals surface area contributed by atoms with E-state index in [9.17, 15) is 0 Å². The van der Waals surface area contributed by atoms with Crippen LogP contribution in [0.3, 0.4) is 0 Å². The summed E-state index contributed by atoms with van der Waals surface area (Å²) in [6.07, 6.45) is 0. The van der Waals surface area contributed by atoms with Crippen LogP contribution >= 0.6 is 0 Å². The molecule has 1 aromatic rings. The molecule has 1 rings (SSSR count). The van der Waals surface area contributed by atoms with Crippen molar-refractivity contribution >= 4 is 0 Å². The van der Waals surface area contributed by atoms with Crippen molar-refractivity contribution in [2.75, 3.05) is 0 Å². The summed E-state index contributed by atoms with van der Waals surface area (Å²) in [5.41, 5.74) is 1.51. The van der Waals surface area contributed by atoms with Crippen molar-refractivity contribution in [2.24, 2.45) is 0 Å². The maximum Gasteiger partial charge on any atom is 0.0991 e. The predicted molar refractivity (Wildman–Crippen MR) is 45.2 cm³/mol. The minimum absolute atomic E-state index is 0.140. The van der Waals surface area contributed by atoms with Crippen molar-refractivity contribution in [3.05, 3.63) is 35.4 Å². The maximum atomic E-state index is 8.62. The quantitative estimate of drug-likeness (QED) is 0.625. The first-order valence-electron chi connectivity index (χ1n) is 3.67. The van der Waals surface area contributed by atoms with E-state index in [1.165, 1.54) is 0 Å². The Hall–Kier alpha value is -1.80. The second-order valence-corrected chi connectivity index (χ2v) is 2.59. The molecular weight excluding hydrogens is 148 g/mol. The largest absolute Gasteiger partial charge is 0.198 e. The highest BCUT2D eigenvalue weighted by molar-refractivity contribution is 5.35. The third-order valence-corrected chi connectivity index (χ3v) is 1.71. The van der Waals surface area contributed by atoms with Crippen LogP contribution in [-0.4, -0.2) is 0 Å². The van der Waals surface area contributed by atoms with E-state index in [1.54, 1.807) is 18.2 Å². The molecule has 0 saturated heterocycles. The predicted octanol–water partition coefficient (Wildman–Crippen LogP) is 2.19. The maximum absolute atomic E-state index is 8.62. The Labute approximate surface area is 71.7 Å². The normalized spacial score (nSPS) is 11.2. The summed E-state index contributed by atoms with van der Waals surface area (Å²) in [4.78, 5) is 0. The molecule has 1 aromatic carbocycles. The van der Waals surface area contributed by atoms with Crippen LogP contribution in [0.5, 0.6) is 0 Å². The molecule has 0 aliphatic carbocycles. The van der Waals surface area contributed by atoms with Gasteiger partial charge >= 0.3 is 0 Å². The highest BCUT2D eigenvalue weighted by Crippen LogP contribution is 2.14. The highest BCUT2D eigenvalue weighted by atomic mass is 14.3. The lowest BCUT2D eigenvalue weighted by Gasteiger charge is -2.01. The Morgan fingerprint density at radius 3 is 2.67 bits per heavy atom. The number of rotatable bonds is 1. The number of hydrogen-bond donors (Lipinski definition) is 0. The molecule has 0 saturated carbocycles. The summed E-state index contributed by atoms with van der Waals surface area (Å²) in [7, 11) is 0. The van der Waals surface area contributed by atoms with Crippen LogP contribution in [0.25, 0.3) is 0 Å². The molecule has 0 bridgehead atoms. The topological polar surface area (TPSA) is 47.6 Å². The standard InChI is InChI=1S/C10H8N2/c1-8(6-11)10-4-2-3-9(5-10)7-12/h2-5,8H,1H3. The Bertz CT molecular complexity index is 355. The lowest BCUT2D eigenvalue weighted by molar-refractivity contribution is 0.981. The zero-order chi connectivity index (χ0) is 8.97. The van der Waals surface area contributed by atoms with Gasteiger partial charge < -0.3 is 0 Å². The van der Waals surface area contributed by atoms with Crippen LogP contribution in [0.1, 0.15) is 24.0 Å². The lowest BCUT2D eigenvalue weighted by Crippen LogP contribution is -1.89. The first-order valence-corrected chi connectivity index (χ1v) is 3.67. The summed E-state index contributed by atoms with van der Waals surface area (Å²) in [6.45, 7) is 1.82. The molecule has 2 heteroatoms. The van der Waals surface area contributed by atoms with E-state index in [0.29, 0.717) is 5.56 Å². The Morgan fingerprint density at radius 2 is 2.08 bits per heavy atom. The summed E-state index contributed by atoms with van der Waals surface area (Å²) in [5.74, 6) is -0.140. The van der Waals surface area contributed by atoms with Gasteiger partial charge in [-0.2, -0.15) is 10.5 Å². The van der Waals surface area contributed by atoms with E-state index in [2.05, 4.69) is 6.07 Å². The molecule has 2 nitrogen and oxygen atoms in total. The van der Waals surface area contributed by atoms with Gasteiger partial charge in [0.25, 0.3) is 0 Å². The third kappa shape index (κ3) is 1.62. The van der Waals surface area contributed by atoms with Crippen molar-refractivity contribution < 1.29 is 0 Å². The van der Waals surface area contributed by atoms with E-state index in [1.807, 2.05) is 19.1 Å². The van der Waals surface area contributed by atoms with Crippen LogP contribution in [0.4, 0.5) is 0 Å². The second-order valence-electron chi connectivity index (χ2n) is 2.59. The molecule has 12 heavy (non-hydrogen) atoms. The molecule has 0 aromatic heterocycles. The number of nitrogens with zero attached hydrogens (tertiary/aromatic N) is 2. The van der Waals surface area contributed by atoms with Crippen LogP contribution in [0.15, 0.2) is 24.3 Å². The van der Waals surface area contributed by atoms with E-state index in [4.69, 9.17) is 10.5 Å². The van der Waals surface area contributed by atoms with Gasteiger partial charge in [-0.1, -0.05) is 12.1 Å². The molecule has 1 atom stereocenters. The molecule has 0 radical (unpaired) electrons. The summed E-state index contributed by atoms with van der Waals surface area (Å²) in [5, 5.41) is 17.2. The summed E-state index contributed by atoms with van der Waals surface area (Å²) in [6, 6.07) is 11.3. The van der Waals surface area contributed by atoms with Crippen molar-refractivity contribution in [3.8, 4) is 12.1 Å². The van der Waals surface area contributed by atoms with E-state index < -0.39 is 0 Å². The van der Waals surface area contributed by atoms with Gasteiger partial charge in [-0.3, -0.25) is 0 Å². The van der Waals surface area contributed by atoms with Gasteiger partial charge in [-0.25, -0.2) is 0 Å². The highest BCUT2D eigenvalue weighted by Gasteiger charge is 2.02. The molecule has 0 fully saturated rings. The number of hydrogen-bond acceptors (Lipinski definition) is 2. The van der Waals surface area contributed by atoms with Crippen molar-refractivity contribution in [1.29, 1.82) is 10.5 Å². The zero-order valence-corrected chi connectivity index (χ0v) is 6.78. The van der Waals surface area contributed by atoms with Crippen LogP contribution in [-0.2, 0) is 0 Å². The molecule has 0 aliphatic rings. The average molecular weight is 156 g/mol. The molecule has 0 amide bonds. The minimum Gasteiger partial charge on any atom is -0.198 e. The van der Waals surface area contributed by atoms with Crippen molar-refractivity contribution in [1.82, 2.24) is 0 Å². The van der Waals surface area contributed by atoms with E-state index in [0.717, 1.165) is 5.56 Å². The number of benzene rings is 1.